The number of allylic oxidation sites excluding steroid dienone is 1. The van der Waals surface area contributed by atoms with Crippen molar-refractivity contribution in [3.63, 3.8) is 0 Å². The van der Waals surface area contributed by atoms with Crippen molar-refractivity contribution in [3.05, 3.63) is 41.2 Å². The SMILES string of the molecule is CN=CC(=CN)c1nc(-c2cnn(C)c2)c(F)c2c1C(=O)NC2. The van der Waals surface area contributed by atoms with E-state index in [0.29, 0.717) is 16.8 Å². The molecule has 3 heterocycles. The van der Waals surface area contributed by atoms with Gasteiger partial charge in [-0.15, -0.1) is 0 Å². The molecule has 1 aliphatic rings. The Morgan fingerprint density at radius 3 is 2.96 bits per heavy atom. The van der Waals surface area contributed by atoms with Crippen LogP contribution in [0.4, 0.5) is 4.39 Å². The maximum Gasteiger partial charge on any atom is 0.254 e. The number of carbonyl (C=O) groups excluding carboxylic acids is 1. The molecule has 118 valence electrons. The molecule has 0 aromatic carbocycles. The molecule has 1 amide bonds. The molecule has 0 unspecified atom stereocenters. The van der Waals surface area contributed by atoms with Crippen LogP contribution >= 0.6 is 0 Å². The number of aryl methyl sites for hydroxylation is 1. The molecule has 1 aliphatic heterocycles. The summed E-state index contributed by atoms with van der Waals surface area (Å²) in [5.41, 5.74) is 7.52. The van der Waals surface area contributed by atoms with Gasteiger partial charge in [-0.2, -0.15) is 5.10 Å². The number of rotatable bonds is 3. The van der Waals surface area contributed by atoms with Crippen LogP contribution in [-0.2, 0) is 13.6 Å². The lowest BCUT2D eigenvalue weighted by atomic mass is 10.0. The van der Waals surface area contributed by atoms with Crippen molar-refractivity contribution in [1.82, 2.24) is 20.1 Å². The molecule has 0 radical (unpaired) electrons. The van der Waals surface area contributed by atoms with Gasteiger partial charge in [0.25, 0.3) is 5.91 Å². The van der Waals surface area contributed by atoms with Gasteiger partial charge in [-0.25, -0.2) is 9.37 Å². The van der Waals surface area contributed by atoms with E-state index in [1.807, 2.05) is 0 Å². The minimum absolute atomic E-state index is 0.115. The van der Waals surface area contributed by atoms with Crippen molar-refractivity contribution < 1.29 is 9.18 Å². The Morgan fingerprint density at radius 2 is 2.35 bits per heavy atom. The van der Waals surface area contributed by atoms with E-state index < -0.39 is 5.82 Å². The zero-order valence-corrected chi connectivity index (χ0v) is 12.7. The molecule has 0 aliphatic carbocycles. The molecule has 8 heteroatoms. The second-order valence-corrected chi connectivity index (χ2v) is 5.07. The number of nitrogens with one attached hydrogen (secondary N) is 1. The third-order valence-electron chi connectivity index (χ3n) is 3.59. The summed E-state index contributed by atoms with van der Waals surface area (Å²) in [6.07, 6.45) is 5.96. The van der Waals surface area contributed by atoms with Crippen molar-refractivity contribution in [2.24, 2.45) is 17.8 Å². The van der Waals surface area contributed by atoms with E-state index in [1.165, 1.54) is 18.6 Å². The van der Waals surface area contributed by atoms with Crippen LogP contribution in [0.2, 0.25) is 0 Å². The van der Waals surface area contributed by atoms with Crippen LogP contribution in [-0.4, -0.2) is 33.9 Å². The summed E-state index contributed by atoms with van der Waals surface area (Å²) in [5.74, 6) is -0.900. The van der Waals surface area contributed by atoms with Crippen molar-refractivity contribution in [3.8, 4) is 11.3 Å². The van der Waals surface area contributed by atoms with Crippen LogP contribution in [0.3, 0.4) is 0 Å². The predicted octanol–water partition coefficient (Wildman–Crippen LogP) is 0.865. The summed E-state index contributed by atoms with van der Waals surface area (Å²) >= 11 is 0. The molecule has 0 bridgehead atoms. The lowest BCUT2D eigenvalue weighted by Gasteiger charge is -2.10. The van der Waals surface area contributed by atoms with Crippen molar-refractivity contribution >= 4 is 17.7 Å². The number of aliphatic imine (C=N–C) groups is 1. The largest absolute Gasteiger partial charge is 0.404 e. The first-order valence-corrected chi connectivity index (χ1v) is 6.90. The van der Waals surface area contributed by atoms with Crippen LogP contribution in [0.15, 0.2) is 23.6 Å². The van der Waals surface area contributed by atoms with E-state index in [1.54, 1.807) is 25.0 Å². The lowest BCUT2D eigenvalue weighted by Crippen LogP contribution is -2.14. The number of hydrogen-bond acceptors (Lipinski definition) is 5. The van der Waals surface area contributed by atoms with Crippen molar-refractivity contribution in [2.75, 3.05) is 7.05 Å². The molecular formula is C15H15FN6O. The topological polar surface area (TPSA) is 98.2 Å². The highest BCUT2D eigenvalue weighted by molar-refractivity contribution is 6.14. The smallest absolute Gasteiger partial charge is 0.254 e. The Balaban J connectivity index is 2.31. The molecule has 0 saturated carbocycles. The Bertz CT molecular complexity index is 852. The minimum Gasteiger partial charge on any atom is -0.404 e. The van der Waals surface area contributed by atoms with Crippen LogP contribution < -0.4 is 11.1 Å². The molecule has 0 saturated heterocycles. The first-order valence-electron chi connectivity index (χ1n) is 6.90. The summed E-state index contributed by atoms with van der Waals surface area (Å²) < 4.78 is 16.4. The van der Waals surface area contributed by atoms with Gasteiger partial charge in [0.2, 0.25) is 0 Å². The Hall–Kier alpha value is -3.03. The number of nitrogens with two attached hydrogens (primary N) is 1. The number of hydrogen-bond donors (Lipinski definition) is 2. The average molecular weight is 314 g/mol. The normalized spacial score (nSPS) is 14.4. The van der Waals surface area contributed by atoms with Crippen LogP contribution in [0.5, 0.6) is 0 Å². The van der Waals surface area contributed by atoms with Crippen LogP contribution in [0.25, 0.3) is 16.8 Å². The fourth-order valence-electron chi connectivity index (χ4n) is 2.55. The second kappa shape index (κ2) is 5.64. The Labute approximate surface area is 131 Å². The van der Waals surface area contributed by atoms with Gasteiger partial charge in [0.1, 0.15) is 5.69 Å². The Morgan fingerprint density at radius 1 is 1.57 bits per heavy atom. The van der Waals surface area contributed by atoms with Gasteiger partial charge < -0.3 is 11.1 Å². The highest BCUT2D eigenvalue weighted by Gasteiger charge is 2.31. The summed E-state index contributed by atoms with van der Waals surface area (Å²) in [4.78, 5) is 20.3. The summed E-state index contributed by atoms with van der Waals surface area (Å²) in [6, 6.07) is 0. The van der Waals surface area contributed by atoms with Gasteiger partial charge in [0.15, 0.2) is 5.82 Å². The molecule has 23 heavy (non-hydrogen) atoms. The average Bonchev–Trinajstić information content (AvgIpc) is 3.13. The number of pyridine rings is 1. The van der Waals surface area contributed by atoms with E-state index in [9.17, 15) is 9.18 Å². The number of aromatic nitrogens is 3. The third-order valence-corrected chi connectivity index (χ3v) is 3.59. The van der Waals surface area contributed by atoms with Gasteiger partial charge in [-0.3, -0.25) is 14.5 Å². The van der Waals surface area contributed by atoms with Gasteiger partial charge in [0, 0.05) is 56.0 Å². The standard InChI is InChI=1S/C15H15FN6O/c1-18-4-8(3-17)13-11-10(6-19-15(11)23)12(16)14(21-13)9-5-20-22(2)7-9/h3-5,7H,6,17H2,1-2H3,(H,19,23). The van der Waals surface area contributed by atoms with Gasteiger partial charge in [-0.1, -0.05) is 0 Å². The third kappa shape index (κ3) is 2.37. The van der Waals surface area contributed by atoms with E-state index in [-0.39, 0.29) is 29.3 Å². The fraction of sp³-hybridized carbons (Fsp3) is 0.200. The molecule has 0 atom stereocenters. The molecule has 0 fully saturated rings. The molecule has 3 rings (SSSR count). The maximum absolute atomic E-state index is 14.8. The Kier molecular flexibility index (Phi) is 3.65. The van der Waals surface area contributed by atoms with Gasteiger partial charge >= 0.3 is 0 Å². The monoisotopic (exact) mass is 314 g/mol. The minimum atomic E-state index is -0.528. The molecule has 7 nitrogen and oxygen atoms in total. The van der Waals surface area contributed by atoms with Crippen LogP contribution in [0, 0.1) is 5.82 Å². The first-order chi connectivity index (χ1) is 11.1. The molecule has 2 aromatic heterocycles. The molecule has 3 N–H and O–H groups in total. The zero-order valence-electron chi connectivity index (χ0n) is 12.7. The van der Waals surface area contributed by atoms with Gasteiger partial charge in [0.05, 0.1) is 17.5 Å². The van der Waals surface area contributed by atoms with E-state index in [4.69, 9.17) is 5.73 Å². The summed E-state index contributed by atoms with van der Waals surface area (Å²) in [7, 11) is 3.31. The molecule has 0 spiro atoms. The highest BCUT2D eigenvalue weighted by Crippen LogP contribution is 2.31. The quantitative estimate of drug-likeness (QED) is 0.821. The van der Waals surface area contributed by atoms with Crippen molar-refractivity contribution in [1.29, 1.82) is 0 Å². The molecular weight excluding hydrogens is 299 g/mol. The number of amides is 1. The van der Waals surface area contributed by atoms with E-state index in [2.05, 4.69) is 20.4 Å². The summed E-state index contributed by atoms with van der Waals surface area (Å²) in [5, 5.41) is 6.65. The zero-order chi connectivity index (χ0) is 16.6. The lowest BCUT2D eigenvalue weighted by molar-refractivity contribution is 0.0965. The number of fused-ring (bicyclic) bond motifs is 1. The van der Waals surface area contributed by atoms with Gasteiger partial charge in [-0.05, 0) is 0 Å². The maximum atomic E-state index is 14.8. The number of halogens is 1. The molecule has 2 aromatic rings. The number of carbonyl (C=O) groups is 1. The predicted molar refractivity (Wildman–Crippen MR) is 84.1 cm³/mol. The fourth-order valence-corrected chi connectivity index (χ4v) is 2.55. The van der Waals surface area contributed by atoms with E-state index >= 15 is 0 Å². The number of nitrogens with zero attached hydrogens (tertiary/aromatic N) is 4. The summed E-state index contributed by atoms with van der Waals surface area (Å²) in [6.45, 7) is 0.115. The van der Waals surface area contributed by atoms with Crippen molar-refractivity contribution in [2.45, 2.75) is 6.54 Å². The second-order valence-electron chi connectivity index (χ2n) is 5.07. The van der Waals surface area contributed by atoms with Crippen LogP contribution in [0.1, 0.15) is 21.6 Å². The first kappa shape index (κ1) is 14.9. The highest BCUT2D eigenvalue weighted by atomic mass is 19.1. The van der Waals surface area contributed by atoms with E-state index in [0.717, 1.165) is 0 Å².